The SMILES string of the molecule is CCOC(=O)c1ccc2c(c1)NC(=O)C2=C(Nc1ccc(N(CCNC)S(C)(=O)=O)cc1)c1ccccc1. The number of sulfonamides is 1. The van der Waals surface area contributed by atoms with Crippen molar-refractivity contribution in [3.8, 4) is 0 Å². The van der Waals surface area contributed by atoms with E-state index in [9.17, 15) is 18.0 Å². The maximum atomic E-state index is 13.2. The number of likely N-dealkylation sites (N-methyl/N-ethyl adjacent to an activating group) is 1. The van der Waals surface area contributed by atoms with Crippen molar-refractivity contribution < 1.29 is 22.7 Å². The Balaban J connectivity index is 1.73. The molecule has 0 fully saturated rings. The van der Waals surface area contributed by atoms with Crippen LogP contribution in [0.2, 0.25) is 0 Å². The summed E-state index contributed by atoms with van der Waals surface area (Å²) in [6, 6.07) is 21.4. The lowest BCUT2D eigenvalue weighted by Crippen LogP contribution is -2.35. The number of hydrogen-bond donors (Lipinski definition) is 3. The van der Waals surface area contributed by atoms with Gasteiger partial charge in [0.1, 0.15) is 0 Å². The van der Waals surface area contributed by atoms with Crippen molar-refractivity contribution in [2.45, 2.75) is 6.92 Å². The predicted molar refractivity (Wildman–Crippen MR) is 150 cm³/mol. The molecule has 0 saturated carbocycles. The molecule has 3 N–H and O–H groups in total. The van der Waals surface area contributed by atoms with E-state index >= 15 is 0 Å². The fraction of sp³-hybridized carbons (Fsp3) is 0.214. The molecule has 0 spiro atoms. The summed E-state index contributed by atoms with van der Waals surface area (Å²) in [5, 5.41) is 9.19. The molecule has 0 aliphatic carbocycles. The molecule has 198 valence electrons. The molecule has 0 saturated heterocycles. The zero-order valence-electron chi connectivity index (χ0n) is 21.4. The topological polar surface area (TPSA) is 117 Å². The van der Waals surface area contributed by atoms with Crippen molar-refractivity contribution >= 4 is 50.2 Å². The van der Waals surface area contributed by atoms with Crippen molar-refractivity contribution in [1.82, 2.24) is 5.32 Å². The summed E-state index contributed by atoms with van der Waals surface area (Å²) in [6.07, 6.45) is 1.18. The molecule has 0 bridgehead atoms. The highest BCUT2D eigenvalue weighted by Crippen LogP contribution is 2.38. The molecule has 0 radical (unpaired) electrons. The van der Waals surface area contributed by atoms with Crippen molar-refractivity contribution in [2.24, 2.45) is 0 Å². The Morgan fingerprint density at radius 3 is 2.34 bits per heavy atom. The minimum Gasteiger partial charge on any atom is -0.462 e. The molecule has 9 nitrogen and oxygen atoms in total. The van der Waals surface area contributed by atoms with E-state index in [0.717, 1.165) is 5.56 Å². The Bertz CT molecular complexity index is 1470. The van der Waals surface area contributed by atoms with Gasteiger partial charge < -0.3 is 20.7 Å². The Morgan fingerprint density at radius 1 is 1.00 bits per heavy atom. The van der Waals surface area contributed by atoms with E-state index in [1.165, 1.54) is 10.6 Å². The van der Waals surface area contributed by atoms with E-state index < -0.39 is 16.0 Å². The number of fused-ring (bicyclic) bond motifs is 1. The van der Waals surface area contributed by atoms with Gasteiger partial charge in [0.05, 0.1) is 41.1 Å². The van der Waals surface area contributed by atoms with E-state index in [-0.39, 0.29) is 12.5 Å². The molecule has 0 atom stereocenters. The van der Waals surface area contributed by atoms with Crippen LogP contribution in [0.3, 0.4) is 0 Å². The van der Waals surface area contributed by atoms with Gasteiger partial charge in [-0.1, -0.05) is 36.4 Å². The molecule has 1 heterocycles. The molecule has 10 heteroatoms. The number of nitrogens with one attached hydrogen (secondary N) is 3. The van der Waals surface area contributed by atoms with Crippen molar-refractivity contribution in [3.63, 3.8) is 0 Å². The average molecular weight is 535 g/mol. The fourth-order valence-electron chi connectivity index (χ4n) is 4.20. The third kappa shape index (κ3) is 5.87. The van der Waals surface area contributed by atoms with Crippen LogP contribution in [0.5, 0.6) is 0 Å². The number of esters is 1. The minimum atomic E-state index is -3.46. The van der Waals surface area contributed by atoms with Gasteiger partial charge in [-0.25, -0.2) is 13.2 Å². The number of carbonyl (C=O) groups excluding carboxylic acids is 2. The zero-order valence-corrected chi connectivity index (χ0v) is 22.3. The normalized spacial score (nSPS) is 13.9. The Kier molecular flexibility index (Phi) is 8.13. The highest BCUT2D eigenvalue weighted by Gasteiger charge is 2.29. The van der Waals surface area contributed by atoms with Crippen LogP contribution >= 0.6 is 0 Å². The molecule has 1 aliphatic heterocycles. The second-order valence-corrected chi connectivity index (χ2v) is 10.6. The molecule has 1 amide bonds. The van der Waals surface area contributed by atoms with Crippen LogP contribution in [0.15, 0.2) is 72.8 Å². The molecule has 1 aliphatic rings. The van der Waals surface area contributed by atoms with Gasteiger partial charge in [-0.05, 0) is 55.9 Å². The average Bonchev–Trinajstić information content (AvgIpc) is 3.23. The van der Waals surface area contributed by atoms with Gasteiger partial charge in [0, 0.05) is 24.3 Å². The first-order valence-electron chi connectivity index (χ1n) is 12.1. The van der Waals surface area contributed by atoms with E-state index in [1.807, 2.05) is 30.3 Å². The molecular weight excluding hydrogens is 504 g/mol. The lowest BCUT2D eigenvalue weighted by Gasteiger charge is -2.23. The summed E-state index contributed by atoms with van der Waals surface area (Å²) in [5.74, 6) is -0.763. The van der Waals surface area contributed by atoms with Gasteiger partial charge in [-0.15, -0.1) is 0 Å². The van der Waals surface area contributed by atoms with Crippen molar-refractivity contribution in [1.29, 1.82) is 0 Å². The third-order valence-corrected chi connectivity index (χ3v) is 7.17. The monoisotopic (exact) mass is 534 g/mol. The molecule has 3 aromatic carbocycles. The van der Waals surface area contributed by atoms with Gasteiger partial charge in [-0.3, -0.25) is 9.10 Å². The zero-order chi connectivity index (χ0) is 27.3. The number of rotatable bonds is 10. The molecule has 3 aromatic rings. The fourth-order valence-corrected chi connectivity index (χ4v) is 5.13. The van der Waals surface area contributed by atoms with E-state index in [4.69, 9.17) is 4.74 Å². The molecule has 4 rings (SSSR count). The smallest absolute Gasteiger partial charge is 0.338 e. The number of carbonyl (C=O) groups is 2. The lowest BCUT2D eigenvalue weighted by atomic mass is 9.99. The molecule has 0 unspecified atom stereocenters. The van der Waals surface area contributed by atoms with Crippen LogP contribution in [0, 0.1) is 0 Å². The second kappa shape index (κ2) is 11.5. The van der Waals surface area contributed by atoms with Gasteiger partial charge in [0.2, 0.25) is 10.0 Å². The van der Waals surface area contributed by atoms with Crippen LogP contribution < -0.4 is 20.3 Å². The summed E-state index contributed by atoms with van der Waals surface area (Å²) in [4.78, 5) is 25.4. The van der Waals surface area contributed by atoms with Gasteiger partial charge in [0.15, 0.2) is 0 Å². The molecule has 0 aromatic heterocycles. The predicted octanol–water partition coefficient (Wildman–Crippen LogP) is 3.78. The number of hydrogen-bond acceptors (Lipinski definition) is 7. The largest absolute Gasteiger partial charge is 0.462 e. The first-order valence-corrected chi connectivity index (χ1v) is 14.0. The van der Waals surface area contributed by atoms with Crippen molar-refractivity contribution in [2.75, 3.05) is 47.9 Å². The second-order valence-electron chi connectivity index (χ2n) is 8.66. The Hall–Kier alpha value is -4.15. The summed E-state index contributed by atoms with van der Waals surface area (Å²) in [7, 11) is -1.69. The summed E-state index contributed by atoms with van der Waals surface area (Å²) < 4.78 is 31.1. The van der Waals surface area contributed by atoms with Crippen LogP contribution in [0.1, 0.15) is 28.4 Å². The highest BCUT2D eigenvalue weighted by molar-refractivity contribution is 7.92. The number of ether oxygens (including phenoxy) is 1. The van der Waals surface area contributed by atoms with E-state index in [0.29, 0.717) is 52.5 Å². The van der Waals surface area contributed by atoms with Gasteiger partial charge in [0.25, 0.3) is 5.91 Å². The quantitative estimate of drug-likeness (QED) is 0.268. The Labute approximate surface area is 222 Å². The van der Waals surface area contributed by atoms with Gasteiger partial charge in [-0.2, -0.15) is 0 Å². The molecule has 38 heavy (non-hydrogen) atoms. The standard InChI is InChI=1S/C28H30N4O5S/c1-4-37-28(34)20-10-15-23-24(18-20)31-27(33)25(23)26(19-8-6-5-7-9-19)30-21-11-13-22(14-12-21)32(17-16-29-2)38(3,35)36/h5-15,18,29-30H,4,16-17H2,1-3H3,(H,31,33). The van der Waals surface area contributed by atoms with Crippen molar-refractivity contribution in [3.05, 3.63) is 89.5 Å². The first-order chi connectivity index (χ1) is 18.2. The summed E-state index contributed by atoms with van der Waals surface area (Å²) in [6.45, 7) is 2.79. The van der Waals surface area contributed by atoms with Crippen LogP contribution in [-0.2, 0) is 19.6 Å². The minimum absolute atomic E-state index is 0.256. The van der Waals surface area contributed by atoms with Crippen LogP contribution in [-0.4, -0.2) is 53.3 Å². The highest BCUT2D eigenvalue weighted by atomic mass is 32.2. The van der Waals surface area contributed by atoms with E-state index in [2.05, 4.69) is 16.0 Å². The molecular formula is C28H30N4O5S. The number of anilines is 3. The summed E-state index contributed by atoms with van der Waals surface area (Å²) in [5.41, 5.74) is 4.53. The lowest BCUT2D eigenvalue weighted by molar-refractivity contribution is -0.110. The van der Waals surface area contributed by atoms with Crippen LogP contribution in [0.25, 0.3) is 11.3 Å². The Morgan fingerprint density at radius 2 is 1.71 bits per heavy atom. The number of amides is 1. The van der Waals surface area contributed by atoms with Gasteiger partial charge >= 0.3 is 5.97 Å². The maximum Gasteiger partial charge on any atom is 0.338 e. The first kappa shape index (κ1) is 26.9. The maximum absolute atomic E-state index is 13.2. The number of benzene rings is 3. The summed E-state index contributed by atoms with van der Waals surface area (Å²) >= 11 is 0. The van der Waals surface area contributed by atoms with Crippen LogP contribution in [0.4, 0.5) is 17.1 Å². The number of nitrogens with zero attached hydrogens (tertiary/aromatic N) is 1. The van der Waals surface area contributed by atoms with E-state index in [1.54, 1.807) is 56.4 Å². The third-order valence-electron chi connectivity index (χ3n) is 5.98.